The van der Waals surface area contributed by atoms with Gasteiger partial charge in [0.05, 0.1) is 12.7 Å². The number of allylic oxidation sites excluding steroid dienone is 16. The van der Waals surface area contributed by atoms with Crippen molar-refractivity contribution >= 4 is 27.6 Å². The summed E-state index contributed by atoms with van der Waals surface area (Å²) in [6, 6.07) is 0. The first-order chi connectivity index (χ1) is 32.5. The van der Waals surface area contributed by atoms with Gasteiger partial charge in [-0.1, -0.05) is 142 Å². The Hall–Kier alpha value is -3.38. The second-order valence-corrected chi connectivity index (χ2v) is 18.5. The van der Waals surface area contributed by atoms with Gasteiger partial charge in [-0.15, -0.1) is 0 Å². The summed E-state index contributed by atoms with van der Waals surface area (Å²) in [7, 11) is -10.7. The summed E-state index contributed by atoms with van der Waals surface area (Å²) < 4.78 is 49.2. The van der Waals surface area contributed by atoms with Gasteiger partial charge in [0.25, 0.3) is 0 Å². The average Bonchev–Trinajstić information content (AvgIpc) is 3.29. The highest BCUT2D eigenvalue weighted by molar-refractivity contribution is 7.47. The lowest BCUT2D eigenvalue weighted by atomic mass is 9.85. The van der Waals surface area contributed by atoms with Crippen LogP contribution in [0.5, 0.6) is 0 Å². The van der Waals surface area contributed by atoms with Crippen molar-refractivity contribution in [3.05, 3.63) is 109 Å². The fourth-order valence-corrected chi connectivity index (χ4v) is 7.86. The van der Waals surface area contributed by atoms with E-state index in [0.29, 0.717) is 32.1 Å². The Labute approximate surface area is 402 Å². The van der Waals surface area contributed by atoms with Crippen LogP contribution in [0.4, 0.5) is 0 Å². The SMILES string of the molecule is CC/C=C\C/C=C\C/C=C\CCCCCCCC(=O)O[C@H](COC(=O)CC/C=C\C/C=C\C/C=C\C=C\C(O)C/C=C\C/C=C\CC)COP(=O)(O)O[C@H]1C(O)C(O)C(O)[C@@H](OP(=O)(O)O)C1O. The number of aliphatic hydroxyl groups is 5. The summed E-state index contributed by atoms with van der Waals surface area (Å²) in [4.78, 5) is 54.2. The molecule has 0 aromatic carbocycles. The molecule has 0 aromatic heterocycles. The van der Waals surface area contributed by atoms with Gasteiger partial charge < -0.3 is 49.7 Å². The lowest BCUT2D eigenvalue weighted by Crippen LogP contribution is -2.64. The van der Waals surface area contributed by atoms with Crippen LogP contribution in [0.3, 0.4) is 0 Å². The third-order valence-electron chi connectivity index (χ3n) is 9.94. The standard InChI is InChI=1S/C49H78O17P2/c1-3-5-7-9-11-12-13-14-15-16-17-22-25-29-33-37-43(52)64-41(39-63-68(60,61)66-49-46(55)44(53)45(54)48(47(49)56)65-67(57,58)59)38-62-42(51)36-32-28-24-21-19-18-20-23-27-31-35-40(50)34-30-26-10-8-6-4-2/h5-8,11-12,14-15,18-19,23-24,26-28,30-31,35,40-41,44-50,53-56H,3-4,9-10,13,16-17,20-22,25,29,32-34,36-39H2,1-2H3,(H,60,61)(H2,57,58,59)/b7-5-,8-6-,12-11-,15-14-,19-18-,27-23-,28-24-,30-26-,35-31+/t40?,41-,44?,45?,46?,47?,48-,49+/m1/s1. The molecule has 1 saturated carbocycles. The molecule has 68 heavy (non-hydrogen) atoms. The molecule has 386 valence electrons. The number of esters is 2. The zero-order chi connectivity index (χ0) is 50.5. The predicted molar refractivity (Wildman–Crippen MR) is 261 cm³/mol. The van der Waals surface area contributed by atoms with Gasteiger partial charge in [-0.3, -0.25) is 23.2 Å². The fraction of sp³-hybridized carbons (Fsp3) is 0.592. The Kier molecular flexibility index (Phi) is 35.4. The van der Waals surface area contributed by atoms with E-state index >= 15 is 0 Å². The zero-order valence-corrected chi connectivity index (χ0v) is 41.4. The van der Waals surface area contributed by atoms with Gasteiger partial charge in [0.2, 0.25) is 0 Å². The molecule has 1 fully saturated rings. The van der Waals surface area contributed by atoms with E-state index in [1.165, 1.54) is 0 Å². The number of aliphatic hydroxyl groups excluding tert-OH is 5. The first-order valence-electron chi connectivity index (χ1n) is 23.5. The lowest BCUT2D eigenvalue weighted by Gasteiger charge is -2.43. The van der Waals surface area contributed by atoms with Crippen molar-refractivity contribution in [2.45, 2.75) is 172 Å². The predicted octanol–water partition coefficient (Wildman–Crippen LogP) is 7.92. The van der Waals surface area contributed by atoms with Gasteiger partial charge in [0.15, 0.2) is 6.10 Å². The number of carbonyl (C=O) groups excluding carboxylic acids is 2. The van der Waals surface area contributed by atoms with Crippen LogP contribution < -0.4 is 0 Å². The second-order valence-electron chi connectivity index (χ2n) is 15.9. The molecule has 1 rings (SSSR count). The lowest BCUT2D eigenvalue weighted by molar-refractivity contribution is -0.216. The average molecular weight is 1000 g/mol. The van der Waals surface area contributed by atoms with E-state index in [1.54, 1.807) is 12.2 Å². The molecule has 1 aliphatic carbocycles. The van der Waals surface area contributed by atoms with Crippen LogP contribution >= 0.6 is 15.6 Å². The van der Waals surface area contributed by atoms with Crippen molar-refractivity contribution in [1.29, 1.82) is 0 Å². The third kappa shape index (κ3) is 32.4. The molecule has 17 nitrogen and oxygen atoms in total. The van der Waals surface area contributed by atoms with Crippen LogP contribution in [0.25, 0.3) is 0 Å². The highest BCUT2D eigenvalue weighted by atomic mass is 31.2. The van der Waals surface area contributed by atoms with Gasteiger partial charge in [-0.05, 0) is 77.0 Å². The Balaban J connectivity index is 2.68. The number of hydrogen-bond donors (Lipinski definition) is 8. The van der Waals surface area contributed by atoms with Crippen molar-refractivity contribution in [3.8, 4) is 0 Å². The number of phosphoric ester groups is 2. The van der Waals surface area contributed by atoms with E-state index in [4.69, 9.17) is 18.5 Å². The summed E-state index contributed by atoms with van der Waals surface area (Å²) in [5.41, 5.74) is 0. The van der Waals surface area contributed by atoms with Crippen molar-refractivity contribution in [3.63, 3.8) is 0 Å². The summed E-state index contributed by atoms with van der Waals surface area (Å²) in [6.07, 6.45) is 32.3. The van der Waals surface area contributed by atoms with Crippen molar-refractivity contribution in [2.75, 3.05) is 13.2 Å². The molecule has 1 aliphatic rings. The molecule has 19 heteroatoms. The van der Waals surface area contributed by atoms with E-state index in [2.05, 4.69) is 67.0 Å². The summed E-state index contributed by atoms with van der Waals surface area (Å²) >= 11 is 0. The maximum Gasteiger partial charge on any atom is 0.472 e. The molecule has 0 radical (unpaired) electrons. The van der Waals surface area contributed by atoms with Crippen LogP contribution in [-0.2, 0) is 41.8 Å². The zero-order valence-electron chi connectivity index (χ0n) is 39.6. The van der Waals surface area contributed by atoms with Crippen LogP contribution in [0.2, 0.25) is 0 Å². The van der Waals surface area contributed by atoms with Gasteiger partial charge in [-0.2, -0.15) is 0 Å². The number of unbranched alkanes of at least 4 members (excludes halogenated alkanes) is 5. The number of phosphoric acid groups is 2. The first kappa shape index (κ1) is 62.6. The number of hydrogen-bond acceptors (Lipinski definition) is 14. The minimum atomic E-state index is -5.39. The second kappa shape index (κ2) is 38.4. The first-order valence-corrected chi connectivity index (χ1v) is 26.6. The number of ether oxygens (including phenoxy) is 2. The Bertz CT molecular complexity index is 1750. The topological polar surface area (TPSA) is 276 Å². The molecule has 8 N–H and O–H groups in total. The van der Waals surface area contributed by atoms with E-state index in [0.717, 1.165) is 64.2 Å². The fourth-order valence-electron chi connectivity index (χ4n) is 6.32. The molecule has 0 spiro atoms. The molecule has 6 unspecified atom stereocenters. The highest BCUT2D eigenvalue weighted by Crippen LogP contribution is 2.49. The van der Waals surface area contributed by atoms with Gasteiger partial charge in [0, 0.05) is 12.8 Å². The maximum absolute atomic E-state index is 13.0. The van der Waals surface area contributed by atoms with Crippen molar-refractivity contribution in [2.24, 2.45) is 0 Å². The van der Waals surface area contributed by atoms with Gasteiger partial charge in [-0.25, -0.2) is 9.13 Å². The van der Waals surface area contributed by atoms with Gasteiger partial charge in [0.1, 0.15) is 43.2 Å². The Morgan fingerprint density at radius 1 is 0.544 bits per heavy atom. The summed E-state index contributed by atoms with van der Waals surface area (Å²) in [5.74, 6) is -1.37. The molecule has 0 heterocycles. The normalized spacial score (nSPS) is 22.7. The quantitative estimate of drug-likeness (QED) is 0.00965. The maximum atomic E-state index is 13.0. The van der Waals surface area contributed by atoms with Crippen LogP contribution in [-0.4, -0.2) is 114 Å². The minimum absolute atomic E-state index is 0.00836. The van der Waals surface area contributed by atoms with Crippen molar-refractivity contribution < 1.29 is 82.0 Å². The van der Waals surface area contributed by atoms with Crippen LogP contribution in [0.1, 0.15) is 123 Å². The third-order valence-corrected chi connectivity index (χ3v) is 11.4. The summed E-state index contributed by atoms with van der Waals surface area (Å²) in [5, 5.41) is 51.3. The van der Waals surface area contributed by atoms with Gasteiger partial charge >= 0.3 is 27.6 Å². The van der Waals surface area contributed by atoms with E-state index in [-0.39, 0.29) is 12.8 Å². The van der Waals surface area contributed by atoms with E-state index in [9.17, 15) is 58.9 Å². The van der Waals surface area contributed by atoms with Crippen LogP contribution in [0, 0.1) is 0 Å². The monoisotopic (exact) mass is 1000 g/mol. The Morgan fingerprint density at radius 2 is 1.06 bits per heavy atom. The molecular formula is C49H78O17P2. The molecule has 0 aliphatic heterocycles. The smallest absolute Gasteiger partial charge is 0.462 e. The van der Waals surface area contributed by atoms with Crippen molar-refractivity contribution in [1.82, 2.24) is 0 Å². The molecule has 0 bridgehead atoms. The van der Waals surface area contributed by atoms with E-state index in [1.807, 2.05) is 48.6 Å². The number of rotatable bonds is 37. The molecule has 0 amide bonds. The molecule has 0 aromatic rings. The largest absolute Gasteiger partial charge is 0.472 e. The highest BCUT2D eigenvalue weighted by Gasteiger charge is 2.54. The molecule has 9 atom stereocenters. The minimum Gasteiger partial charge on any atom is -0.462 e. The number of carbonyl (C=O) groups is 2. The molecular weight excluding hydrogens is 922 g/mol. The van der Waals surface area contributed by atoms with E-state index < -0.39 is 89.6 Å². The Morgan fingerprint density at radius 3 is 1.66 bits per heavy atom. The van der Waals surface area contributed by atoms with Crippen LogP contribution in [0.15, 0.2) is 109 Å². The molecule has 0 saturated heterocycles. The summed E-state index contributed by atoms with van der Waals surface area (Å²) in [6.45, 7) is 2.72.